The Bertz CT molecular complexity index is 1860. The van der Waals surface area contributed by atoms with Crippen LogP contribution in [0.2, 0.25) is 0 Å². The number of nitrogens with one attached hydrogen (secondary N) is 2. The van der Waals surface area contributed by atoms with Crippen molar-refractivity contribution in [2.75, 3.05) is 19.5 Å². The summed E-state index contributed by atoms with van der Waals surface area (Å²) in [6.45, 7) is 0.245. The van der Waals surface area contributed by atoms with E-state index in [-0.39, 0.29) is 50.3 Å². The van der Waals surface area contributed by atoms with Crippen LogP contribution in [0.4, 0.5) is 0 Å². The smallest absolute Gasteiger partial charge is 0.305 e. The van der Waals surface area contributed by atoms with Gasteiger partial charge in [0, 0.05) is 31.7 Å². The van der Waals surface area contributed by atoms with E-state index in [0.29, 0.717) is 25.7 Å². The lowest BCUT2D eigenvalue weighted by atomic mass is 9.88. The van der Waals surface area contributed by atoms with Crippen LogP contribution in [-0.4, -0.2) is 77.9 Å². The van der Waals surface area contributed by atoms with Gasteiger partial charge in [0.1, 0.15) is 18.0 Å². The largest absolute Gasteiger partial charge is 0.469 e. The maximum atomic E-state index is 14.2. The molecule has 2 aliphatic rings. The summed E-state index contributed by atoms with van der Waals surface area (Å²) in [4.78, 5) is 80.5. The molecular weight excluding hydrogens is 684 g/mol. The van der Waals surface area contributed by atoms with E-state index in [9.17, 15) is 28.8 Å². The molecule has 1 saturated heterocycles. The zero-order chi connectivity index (χ0) is 37.2. The number of esters is 1. The molecule has 11 nitrogen and oxygen atoms in total. The number of ether oxygens (including phenoxy) is 1. The third-order valence-corrected chi connectivity index (χ3v) is 10.2. The fourth-order valence-electron chi connectivity index (χ4n) is 7.11. The van der Waals surface area contributed by atoms with Gasteiger partial charge in [0.15, 0.2) is 5.78 Å². The summed E-state index contributed by atoms with van der Waals surface area (Å²) in [6.07, 6.45) is 4.45. The lowest BCUT2D eigenvalue weighted by Crippen LogP contribution is -2.59. The van der Waals surface area contributed by atoms with Gasteiger partial charge in [0.05, 0.1) is 13.2 Å². The number of piperidine rings is 1. The van der Waals surface area contributed by atoms with Gasteiger partial charge in [-0.1, -0.05) is 72.8 Å². The van der Waals surface area contributed by atoms with E-state index in [1.165, 1.54) is 12.0 Å². The topological polar surface area (TPSA) is 165 Å². The molecule has 1 aliphatic heterocycles. The number of rotatable bonds is 16. The highest BCUT2D eigenvalue weighted by molar-refractivity contribution is 6.27. The number of hydrogen-bond acceptors (Lipinski definition) is 7. The monoisotopic (exact) mass is 728 g/mol. The molecule has 5 rings (SSSR count). The Morgan fingerprint density at radius 3 is 2.42 bits per heavy atom. The molecular formula is C40H45ClN4O7. The second-order valence-corrected chi connectivity index (χ2v) is 13.7. The highest BCUT2D eigenvalue weighted by Crippen LogP contribution is 2.32. The first-order valence-corrected chi connectivity index (χ1v) is 18.2. The second kappa shape index (κ2) is 17.9. The summed E-state index contributed by atoms with van der Waals surface area (Å²) in [5.41, 5.74) is 9.74. The molecule has 1 aliphatic carbocycles. The predicted molar refractivity (Wildman–Crippen MR) is 198 cm³/mol. The third-order valence-electron chi connectivity index (χ3n) is 9.91. The third kappa shape index (κ3) is 9.64. The van der Waals surface area contributed by atoms with Crippen LogP contribution in [0, 0.1) is 5.92 Å². The molecule has 4 amide bonds. The van der Waals surface area contributed by atoms with E-state index < -0.39 is 53.6 Å². The molecule has 0 unspecified atom stereocenters. The van der Waals surface area contributed by atoms with Gasteiger partial charge in [-0.25, -0.2) is 0 Å². The minimum absolute atomic E-state index is 0.0423. The minimum atomic E-state index is -1.11. The molecule has 1 heterocycles. The molecule has 0 radical (unpaired) electrons. The number of allylic oxidation sites excluding steroid dienone is 1. The molecule has 0 spiro atoms. The quantitative estimate of drug-likeness (QED) is 0.148. The normalized spacial score (nSPS) is 16.9. The number of nitrogens with zero attached hydrogens (tertiary/aromatic N) is 1. The highest BCUT2D eigenvalue weighted by Gasteiger charge is 2.38. The van der Waals surface area contributed by atoms with Gasteiger partial charge in [-0.2, -0.15) is 0 Å². The van der Waals surface area contributed by atoms with E-state index in [1.807, 2.05) is 72.8 Å². The van der Waals surface area contributed by atoms with Crippen molar-refractivity contribution in [3.63, 3.8) is 0 Å². The number of hydrogen-bond donors (Lipinski definition) is 3. The number of ketones is 1. The van der Waals surface area contributed by atoms with Gasteiger partial charge in [-0.3, -0.25) is 28.8 Å². The molecule has 4 atom stereocenters. The first kappa shape index (κ1) is 38.2. The van der Waals surface area contributed by atoms with Gasteiger partial charge >= 0.3 is 5.97 Å². The summed E-state index contributed by atoms with van der Waals surface area (Å²) >= 11 is 5.71. The summed E-state index contributed by atoms with van der Waals surface area (Å²) in [6, 6.07) is 18.6. The number of carbonyl (C=O) groups excluding carboxylic acids is 6. The van der Waals surface area contributed by atoms with Crippen molar-refractivity contribution in [3.8, 4) is 0 Å². The van der Waals surface area contributed by atoms with Gasteiger partial charge < -0.3 is 26.0 Å². The molecule has 52 heavy (non-hydrogen) atoms. The van der Waals surface area contributed by atoms with Crippen molar-refractivity contribution in [2.45, 2.75) is 75.9 Å². The van der Waals surface area contributed by atoms with E-state index >= 15 is 0 Å². The summed E-state index contributed by atoms with van der Waals surface area (Å²) in [5.74, 6) is -4.34. The Morgan fingerprint density at radius 1 is 0.923 bits per heavy atom. The predicted octanol–water partition coefficient (Wildman–Crippen LogP) is 4.02. The Kier molecular flexibility index (Phi) is 13.2. The highest BCUT2D eigenvalue weighted by atomic mass is 35.5. The average molecular weight is 729 g/mol. The van der Waals surface area contributed by atoms with Crippen LogP contribution in [0.5, 0.6) is 0 Å². The SMILES string of the molecule is COC(=O)CC[C@H](NC(=O)CCl)C(=O)N1CCCC[C@H]1C(=O)N[C@@H](CC1=CCc2ccccc21)C(=O)C[C@@H](Cc1ccc2ccccc2c1)C(N)=O. The number of carbonyl (C=O) groups is 6. The van der Waals surface area contributed by atoms with Gasteiger partial charge in [0.25, 0.3) is 0 Å². The molecule has 12 heteroatoms. The number of alkyl halides is 1. The number of primary amides is 1. The van der Waals surface area contributed by atoms with Crippen molar-refractivity contribution in [1.82, 2.24) is 15.5 Å². The molecule has 3 aromatic rings. The fourth-order valence-corrected chi connectivity index (χ4v) is 7.19. The number of amides is 4. The zero-order valence-electron chi connectivity index (χ0n) is 29.3. The molecule has 274 valence electrons. The van der Waals surface area contributed by atoms with Crippen LogP contribution in [0.1, 0.15) is 61.6 Å². The molecule has 4 N–H and O–H groups in total. The van der Waals surface area contributed by atoms with Crippen LogP contribution in [-0.2, 0) is 46.3 Å². The fraction of sp³-hybridized carbons (Fsp3) is 0.400. The van der Waals surface area contributed by atoms with E-state index in [0.717, 1.165) is 33.0 Å². The minimum Gasteiger partial charge on any atom is -0.469 e. The number of likely N-dealkylation sites (tertiary alicyclic amines) is 1. The summed E-state index contributed by atoms with van der Waals surface area (Å²) < 4.78 is 4.72. The maximum Gasteiger partial charge on any atom is 0.305 e. The Labute approximate surface area is 308 Å². The zero-order valence-corrected chi connectivity index (χ0v) is 30.0. The number of Topliss-reactive ketones (excluding diaryl/α,β-unsaturated/α-hetero) is 1. The van der Waals surface area contributed by atoms with Crippen LogP contribution in [0.3, 0.4) is 0 Å². The van der Waals surface area contributed by atoms with Crippen LogP contribution < -0.4 is 16.4 Å². The van der Waals surface area contributed by atoms with Crippen molar-refractivity contribution >= 4 is 63.3 Å². The van der Waals surface area contributed by atoms with E-state index in [1.54, 1.807) is 0 Å². The molecule has 0 aromatic heterocycles. The Balaban J connectivity index is 1.37. The van der Waals surface area contributed by atoms with Crippen LogP contribution in [0.25, 0.3) is 16.3 Å². The first-order chi connectivity index (χ1) is 25.1. The second-order valence-electron chi connectivity index (χ2n) is 13.4. The van der Waals surface area contributed by atoms with Crippen molar-refractivity contribution < 1.29 is 33.5 Å². The van der Waals surface area contributed by atoms with Gasteiger partial charge in [0.2, 0.25) is 23.6 Å². The molecule has 0 bridgehead atoms. The lowest BCUT2D eigenvalue weighted by molar-refractivity contribution is -0.146. The molecule has 0 saturated carbocycles. The Morgan fingerprint density at radius 2 is 1.67 bits per heavy atom. The van der Waals surface area contributed by atoms with Gasteiger partial charge in [-0.15, -0.1) is 11.6 Å². The van der Waals surface area contributed by atoms with Gasteiger partial charge in [-0.05, 0) is 71.6 Å². The summed E-state index contributed by atoms with van der Waals surface area (Å²) in [5, 5.41) is 7.59. The number of benzene rings is 3. The van der Waals surface area contributed by atoms with Crippen molar-refractivity contribution in [1.29, 1.82) is 0 Å². The Hall–Kier alpha value is -5.03. The number of halogens is 1. The van der Waals surface area contributed by atoms with E-state index in [4.69, 9.17) is 22.1 Å². The van der Waals surface area contributed by atoms with Crippen LogP contribution in [0.15, 0.2) is 72.8 Å². The molecule has 3 aromatic carbocycles. The number of methoxy groups -OCH3 is 1. The van der Waals surface area contributed by atoms with Crippen molar-refractivity contribution in [2.24, 2.45) is 11.7 Å². The molecule has 1 fully saturated rings. The van der Waals surface area contributed by atoms with Crippen molar-refractivity contribution in [3.05, 3.63) is 89.5 Å². The number of nitrogens with two attached hydrogens (primary N) is 1. The lowest BCUT2D eigenvalue weighted by Gasteiger charge is -2.37. The van der Waals surface area contributed by atoms with Crippen LogP contribution >= 0.6 is 11.6 Å². The van der Waals surface area contributed by atoms with E-state index in [2.05, 4.69) is 10.6 Å². The number of fused-ring (bicyclic) bond motifs is 2. The maximum absolute atomic E-state index is 14.2. The first-order valence-electron chi connectivity index (χ1n) is 17.7. The average Bonchev–Trinajstić information content (AvgIpc) is 3.57. The summed E-state index contributed by atoms with van der Waals surface area (Å²) in [7, 11) is 1.23. The standard InChI is InChI=1S/C40H45ClN4O7/c1-52-37(48)18-17-32(43-36(47)24-41)40(51)45-19-7-6-12-34(45)39(50)44-33(22-29-16-15-27-9-4-5-11-31(27)29)35(46)23-30(38(42)49)21-25-13-14-26-8-2-3-10-28(26)20-25/h2-5,8-11,13-14,16,20,30,32-34H,6-7,12,15,17-19,21-24H2,1H3,(H2,42,49)(H,43,47)(H,44,50)/t30-,32+,33+,34+/m1/s1.